The number of fused-ring (bicyclic) bond motifs is 2. The smallest absolute Gasteiger partial charge is 0.218 e. The van der Waals surface area contributed by atoms with Gasteiger partial charge in [0.05, 0.1) is 17.7 Å². The second kappa shape index (κ2) is 5.72. The molecule has 0 spiro atoms. The first-order valence-corrected chi connectivity index (χ1v) is 7.82. The molecule has 0 aliphatic heterocycles. The van der Waals surface area contributed by atoms with Crippen LogP contribution in [-0.4, -0.2) is 25.5 Å². The lowest BCUT2D eigenvalue weighted by Crippen LogP contribution is -2.14. The second-order valence-corrected chi connectivity index (χ2v) is 5.89. The number of pyridine rings is 1. The third-order valence-corrected chi connectivity index (χ3v) is 4.41. The lowest BCUT2D eigenvalue weighted by molar-refractivity contribution is 0.102. The van der Waals surface area contributed by atoms with Crippen molar-refractivity contribution in [2.24, 2.45) is 0 Å². The maximum absolute atomic E-state index is 13.1. The molecule has 0 fully saturated rings. The highest BCUT2D eigenvalue weighted by Gasteiger charge is 2.37. The summed E-state index contributed by atoms with van der Waals surface area (Å²) in [6, 6.07) is 9.00. The molecule has 2 aromatic heterocycles. The zero-order chi connectivity index (χ0) is 18.4. The summed E-state index contributed by atoms with van der Waals surface area (Å²) in [4.78, 5) is 16.9. The highest BCUT2D eigenvalue weighted by atomic mass is 19.1. The quantitative estimate of drug-likeness (QED) is 0.545. The van der Waals surface area contributed by atoms with Gasteiger partial charge in [0.1, 0.15) is 11.5 Å². The highest BCUT2D eigenvalue weighted by molar-refractivity contribution is 6.19. The fourth-order valence-corrected chi connectivity index (χ4v) is 3.19. The van der Waals surface area contributed by atoms with Crippen LogP contribution < -0.4 is 0 Å². The number of rotatable bonds is 2. The first-order chi connectivity index (χ1) is 12.5. The van der Waals surface area contributed by atoms with Gasteiger partial charge in [-0.15, -0.1) is 5.73 Å². The summed E-state index contributed by atoms with van der Waals surface area (Å²) in [5.74, 6) is -1.53. The van der Waals surface area contributed by atoms with E-state index in [0.29, 0.717) is 16.7 Å². The van der Waals surface area contributed by atoms with Crippen molar-refractivity contribution in [2.45, 2.75) is 6.54 Å². The summed E-state index contributed by atoms with van der Waals surface area (Å²) in [6.45, 7) is 3.70. The van der Waals surface area contributed by atoms with E-state index >= 15 is 0 Å². The van der Waals surface area contributed by atoms with Crippen molar-refractivity contribution in [3.63, 3.8) is 0 Å². The van der Waals surface area contributed by atoms with Gasteiger partial charge in [0, 0.05) is 17.3 Å². The van der Waals surface area contributed by atoms with Gasteiger partial charge in [-0.25, -0.2) is 4.39 Å². The van der Waals surface area contributed by atoms with E-state index in [2.05, 4.69) is 17.3 Å². The van der Waals surface area contributed by atoms with Gasteiger partial charge in [-0.3, -0.25) is 14.3 Å². The molecule has 3 aromatic rings. The van der Waals surface area contributed by atoms with E-state index in [4.69, 9.17) is 0 Å². The number of aromatic hydroxyl groups is 2. The average molecular weight is 348 g/mol. The summed E-state index contributed by atoms with van der Waals surface area (Å²) in [5.41, 5.74) is 4.57. The summed E-state index contributed by atoms with van der Waals surface area (Å²) >= 11 is 0. The molecule has 4 rings (SSSR count). The van der Waals surface area contributed by atoms with Gasteiger partial charge >= 0.3 is 0 Å². The Bertz CT molecular complexity index is 1110. The molecule has 2 N–H and O–H groups in total. The van der Waals surface area contributed by atoms with Gasteiger partial charge in [0.25, 0.3) is 0 Å². The van der Waals surface area contributed by atoms with Gasteiger partial charge in [-0.1, -0.05) is 18.7 Å². The predicted molar refractivity (Wildman–Crippen MR) is 92.6 cm³/mol. The van der Waals surface area contributed by atoms with E-state index in [0.717, 1.165) is 0 Å². The van der Waals surface area contributed by atoms with Crippen LogP contribution in [0.2, 0.25) is 0 Å². The lowest BCUT2D eigenvalue weighted by atomic mass is 9.86. The molecule has 6 heteroatoms. The van der Waals surface area contributed by atoms with E-state index < -0.39 is 5.78 Å². The van der Waals surface area contributed by atoms with Crippen molar-refractivity contribution >= 4 is 11.4 Å². The minimum absolute atomic E-state index is 0.0399. The fraction of sp³-hybridized carbons (Fsp3) is 0.0500. The van der Waals surface area contributed by atoms with Crippen molar-refractivity contribution < 1.29 is 19.4 Å². The number of nitrogens with zero attached hydrogens (tertiary/aromatic N) is 2. The molecule has 26 heavy (non-hydrogen) atoms. The molecule has 0 unspecified atom stereocenters. The Hall–Kier alpha value is -3.63. The van der Waals surface area contributed by atoms with Gasteiger partial charge in [0.2, 0.25) is 17.5 Å². The molecule has 5 nitrogen and oxygen atoms in total. The SMILES string of the molecule is C=C=C1c2cccnc2C(=O)c2c1c(O)n(Cc1ccc(F)cc1)c2O. The van der Waals surface area contributed by atoms with E-state index in [1.54, 1.807) is 12.1 Å². The predicted octanol–water partition coefficient (Wildman–Crippen LogP) is 3.24. The molecule has 0 saturated carbocycles. The molecular weight excluding hydrogens is 335 g/mol. The zero-order valence-electron chi connectivity index (χ0n) is 13.5. The van der Waals surface area contributed by atoms with Crippen LogP contribution in [0.25, 0.3) is 5.57 Å². The Kier molecular flexibility index (Phi) is 3.49. The van der Waals surface area contributed by atoms with E-state index in [9.17, 15) is 19.4 Å². The van der Waals surface area contributed by atoms with Crippen molar-refractivity contribution in [1.82, 2.24) is 9.55 Å². The number of halogens is 1. The number of carbonyl (C=O) groups excluding carboxylic acids is 1. The Balaban J connectivity index is 1.92. The number of hydrogen-bond acceptors (Lipinski definition) is 4. The third-order valence-electron chi connectivity index (χ3n) is 4.41. The van der Waals surface area contributed by atoms with Crippen molar-refractivity contribution in [3.05, 3.63) is 88.7 Å². The molecule has 0 bridgehead atoms. The van der Waals surface area contributed by atoms with Gasteiger partial charge in [-0.2, -0.15) is 0 Å². The maximum atomic E-state index is 13.1. The summed E-state index contributed by atoms with van der Waals surface area (Å²) in [6.07, 6.45) is 1.48. The first-order valence-electron chi connectivity index (χ1n) is 7.82. The molecule has 0 amide bonds. The van der Waals surface area contributed by atoms with Crippen LogP contribution >= 0.6 is 0 Å². The normalized spacial score (nSPS) is 12.5. The van der Waals surface area contributed by atoms with Crippen LogP contribution in [0, 0.1) is 5.82 Å². The molecular formula is C20H13FN2O3. The Morgan fingerprint density at radius 2 is 1.81 bits per heavy atom. The number of aromatic nitrogens is 2. The Morgan fingerprint density at radius 1 is 1.12 bits per heavy atom. The molecule has 1 aliphatic rings. The fourth-order valence-electron chi connectivity index (χ4n) is 3.19. The average Bonchev–Trinajstić information content (AvgIpc) is 2.89. The van der Waals surface area contributed by atoms with Crippen molar-refractivity contribution in [3.8, 4) is 11.8 Å². The zero-order valence-corrected chi connectivity index (χ0v) is 13.5. The Labute approximate surface area is 148 Å². The van der Waals surface area contributed by atoms with Gasteiger partial charge in [-0.05, 0) is 29.8 Å². The van der Waals surface area contributed by atoms with Crippen LogP contribution in [0.3, 0.4) is 0 Å². The Morgan fingerprint density at radius 3 is 2.50 bits per heavy atom. The maximum Gasteiger partial charge on any atom is 0.218 e. The summed E-state index contributed by atoms with van der Waals surface area (Å²) in [7, 11) is 0. The van der Waals surface area contributed by atoms with Crippen LogP contribution in [0.4, 0.5) is 4.39 Å². The number of ketones is 1. The minimum atomic E-state index is -0.486. The molecule has 1 aromatic carbocycles. The lowest BCUT2D eigenvalue weighted by Gasteiger charge is -2.15. The third kappa shape index (κ3) is 2.17. The highest BCUT2D eigenvalue weighted by Crippen LogP contribution is 2.45. The largest absolute Gasteiger partial charge is 0.494 e. The molecule has 0 radical (unpaired) electrons. The number of benzene rings is 1. The van der Waals surface area contributed by atoms with Crippen molar-refractivity contribution in [1.29, 1.82) is 0 Å². The summed E-state index contributed by atoms with van der Waals surface area (Å²) < 4.78 is 14.3. The van der Waals surface area contributed by atoms with E-state index in [1.165, 1.54) is 35.0 Å². The van der Waals surface area contributed by atoms with E-state index in [-0.39, 0.29) is 40.9 Å². The molecule has 128 valence electrons. The topological polar surface area (TPSA) is 75.3 Å². The summed E-state index contributed by atoms with van der Waals surface area (Å²) in [5, 5.41) is 21.3. The first kappa shape index (κ1) is 15.9. The standard InChI is InChI=1S/C20H13FN2O3/c1-2-13-14-4-3-9-22-17(14)18(24)16-15(13)19(25)23(20(16)26)10-11-5-7-12(21)8-6-11/h3-9,25-26H,1,10H2. The van der Waals surface area contributed by atoms with E-state index in [1.807, 2.05) is 0 Å². The molecule has 2 heterocycles. The van der Waals surface area contributed by atoms with Crippen LogP contribution in [-0.2, 0) is 6.54 Å². The number of carbonyl (C=O) groups is 1. The van der Waals surface area contributed by atoms with Crippen molar-refractivity contribution in [2.75, 3.05) is 0 Å². The molecule has 1 aliphatic carbocycles. The van der Waals surface area contributed by atoms with Crippen LogP contribution in [0.15, 0.2) is 54.9 Å². The van der Waals surface area contributed by atoms with Crippen LogP contribution in [0.1, 0.15) is 32.7 Å². The van der Waals surface area contributed by atoms with Crippen LogP contribution in [0.5, 0.6) is 11.8 Å². The minimum Gasteiger partial charge on any atom is -0.494 e. The monoisotopic (exact) mass is 348 g/mol. The van der Waals surface area contributed by atoms with Gasteiger partial charge in [0.15, 0.2) is 0 Å². The molecule has 0 saturated heterocycles. The number of hydrogen-bond donors (Lipinski definition) is 2. The molecule has 0 atom stereocenters. The second-order valence-electron chi connectivity index (χ2n) is 5.89. The van der Waals surface area contributed by atoms with Gasteiger partial charge < -0.3 is 10.2 Å².